The van der Waals surface area contributed by atoms with Gasteiger partial charge in [0.2, 0.25) is 0 Å². The average molecular weight is 336 g/mol. The smallest absolute Gasteiger partial charge is 0.331 e. The van der Waals surface area contributed by atoms with Gasteiger partial charge < -0.3 is 4.74 Å². The normalized spacial score (nSPS) is 36.9. The zero-order chi connectivity index (χ0) is 16.6. The molecule has 1 aromatic heterocycles. The molecule has 4 heterocycles. The monoisotopic (exact) mass is 336 g/mol. The van der Waals surface area contributed by atoms with Crippen molar-refractivity contribution in [2.45, 2.75) is 55.8 Å². The molecule has 1 spiro atoms. The Morgan fingerprint density at radius 2 is 2.12 bits per heavy atom. The molecule has 3 fully saturated rings. The Bertz CT molecular complexity index is 919. The zero-order valence-electron chi connectivity index (χ0n) is 14.0. The second kappa shape index (κ2) is 4.69. The van der Waals surface area contributed by atoms with Gasteiger partial charge in [-0.25, -0.2) is 9.48 Å². The largest absolute Gasteiger partial charge is 0.450 e. The third-order valence-electron chi connectivity index (χ3n) is 6.70. The topological polar surface area (TPSA) is 60.3 Å². The van der Waals surface area contributed by atoms with E-state index in [-0.39, 0.29) is 17.6 Å². The van der Waals surface area contributed by atoms with E-state index >= 15 is 0 Å². The molecule has 1 saturated carbocycles. The number of ether oxygens (including phenoxy) is 1. The minimum Gasteiger partial charge on any atom is -0.450 e. The van der Waals surface area contributed by atoms with Crippen LogP contribution in [-0.4, -0.2) is 50.1 Å². The number of esters is 1. The molecular formula is C19H20N4O2. The maximum atomic E-state index is 12.1. The Morgan fingerprint density at radius 3 is 3.08 bits per heavy atom. The zero-order valence-corrected chi connectivity index (χ0v) is 14.0. The summed E-state index contributed by atoms with van der Waals surface area (Å²) in [5.41, 5.74) is 2.81. The summed E-state index contributed by atoms with van der Waals surface area (Å²) in [4.78, 5) is 14.7. The van der Waals surface area contributed by atoms with Gasteiger partial charge in [-0.3, -0.25) is 4.90 Å². The van der Waals surface area contributed by atoms with Crippen molar-refractivity contribution in [3.05, 3.63) is 35.9 Å². The van der Waals surface area contributed by atoms with E-state index in [1.807, 2.05) is 18.2 Å². The highest BCUT2D eigenvalue weighted by Crippen LogP contribution is 2.56. The van der Waals surface area contributed by atoms with Crippen molar-refractivity contribution >= 4 is 17.0 Å². The highest BCUT2D eigenvalue weighted by Gasteiger charge is 2.64. The number of hydrogen-bond acceptors (Lipinski definition) is 5. The van der Waals surface area contributed by atoms with Gasteiger partial charge in [0.05, 0.1) is 17.6 Å². The van der Waals surface area contributed by atoms with Crippen molar-refractivity contribution in [2.75, 3.05) is 6.54 Å². The van der Waals surface area contributed by atoms with Crippen LogP contribution in [0.4, 0.5) is 0 Å². The third kappa shape index (κ3) is 1.70. The predicted octanol–water partition coefficient (Wildman–Crippen LogP) is 2.22. The number of piperidine rings is 1. The summed E-state index contributed by atoms with van der Waals surface area (Å²) in [5, 5.41) is 8.85. The SMILES string of the molecule is O=C1C=C2CC(n3nnc4ccccc43)[C@@H]3C[C@@]2(O1)[C@H]1CCCCN31. The number of rotatable bonds is 1. The first-order valence-corrected chi connectivity index (χ1v) is 9.26. The number of para-hydroxylation sites is 1. The van der Waals surface area contributed by atoms with Crippen LogP contribution in [-0.2, 0) is 9.53 Å². The van der Waals surface area contributed by atoms with Crippen LogP contribution in [0.1, 0.15) is 38.1 Å². The van der Waals surface area contributed by atoms with Gasteiger partial charge in [-0.15, -0.1) is 5.10 Å². The molecule has 4 atom stereocenters. The van der Waals surface area contributed by atoms with Crippen LogP contribution in [0.3, 0.4) is 0 Å². The highest BCUT2D eigenvalue weighted by molar-refractivity contribution is 5.87. The summed E-state index contributed by atoms with van der Waals surface area (Å²) in [6.45, 7) is 1.09. The van der Waals surface area contributed by atoms with Crippen LogP contribution in [0.5, 0.6) is 0 Å². The molecule has 2 aromatic rings. The van der Waals surface area contributed by atoms with Gasteiger partial charge in [0.25, 0.3) is 0 Å². The molecule has 2 bridgehead atoms. The fourth-order valence-electron chi connectivity index (χ4n) is 5.74. The lowest BCUT2D eigenvalue weighted by molar-refractivity contribution is -0.148. The fraction of sp³-hybridized carbons (Fsp3) is 0.526. The van der Waals surface area contributed by atoms with E-state index in [1.165, 1.54) is 18.4 Å². The van der Waals surface area contributed by atoms with E-state index in [9.17, 15) is 4.79 Å². The van der Waals surface area contributed by atoms with E-state index in [2.05, 4.69) is 26.0 Å². The minimum absolute atomic E-state index is 0.162. The van der Waals surface area contributed by atoms with Gasteiger partial charge in [0.1, 0.15) is 5.52 Å². The number of aromatic nitrogens is 3. The maximum Gasteiger partial charge on any atom is 0.331 e. The van der Waals surface area contributed by atoms with Crippen LogP contribution in [0.2, 0.25) is 0 Å². The molecule has 0 radical (unpaired) electrons. The van der Waals surface area contributed by atoms with E-state index in [0.717, 1.165) is 36.8 Å². The van der Waals surface area contributed by atoms with Gasteiger partial charge in [-0.1, -0.05) is 23.8 Å². The first-order valence-electron chi connectivity index (χ1n) is 9.26. The molecule has 6 nitrogen and oxygen atoms in total. The van der Waals surface area contributed by atoms with Gasteiger partial charge in [0, 0.05) is 18.5 Å². The number of hydrogen-bond donors (Lipinski definition) is 0. The summed E-state index contributed by atoms with van der Waals surface area (Å²) >= 11 is 0. The summed E-state index contributed by atoms with van der Waals surface area (Å²) in [5.74, 6) is -0.162. The molecule has 2 saturated heterocycles. The lowest BCUT2D eigenvalue weighted by Crippen LogP contribution is -2.48. The number of carbonyl (C=O) groups is 1. The molecular weight excluding hydrogens is 316 g/mol. The molecule has 0 N–H and O–H groups in total. The lowest BCUT2D eigenvalue weighted by Gasteiger charge is -2.37. The van der Waals surface area contributed by atoms with Crippen molar-refractivity contribution in [3.63, 3.8) is 0 Å². The van der Waals surface area contributed by atoms with Gasteiger partial charge in [-0.2, -0.15) is 0 Å². The van der Waals surface area contributed by atoms with E-state index in [0.29, 0.717) is 12.1 Å². The van der Waals surface area contributed by atoms with E-state index < -0.39 is 0 Å². The first kappa shape index (κ1) is 14.0. The Hall–Kier alpha value is -2.21. The molecule has 1 unspecified atom stereocenters. The summed E-state index contributed by atoms with van der Waals surface area (Å²) in [7, 11) is 0. The number of fused-ring (bicyclic) bond motifs is 4. The molecule has 25 heavy (non-hydrogen) atoms. The quantitative estimate of drug-likeness (QED) is 0.748. The number of carbonyl (C=O) groups excluding carboxylic acids is 1. The first-order chi connectivity index (χ1) is 12.3. The van der Waals surface area contributed by atoms with Crippen molar-refractivity contribution < 1.29 is 9.53 Å². The highest BCUT2D eigenvalue weighted by atomic mass is 16.6. The predicted molar refractivity (Wildman–Crippen MR) is 90.8 cm³/mol. The Labute approximate surface area is 145 Å². The standard InChI is InChI=1S/C19H20N4O2/c24-18-10-12-9-15(23-14-6-2-1-5-13(14)20-21-23)16-11-19(12,25-18)17-7-3-4-8-22(16)17/h1-2,5-6,10,15-17H,3-4,7-9,11H2/t15?,16-,17+,19-/m0/s1. The molecule has 1 aromatic carbocycles. The molecule has 128 valence electrons. The third-order valence-corrected chi connectivity index (χ3v) is 6.70. The van der Waals surface area contributed by atoms with Gasteiger partial charge >= 0.3 is 5.97 Å². The number of benzene rings is 1. The summed E-state index contributed by atoms with van der Waals surface area (Å²) < 4.78 is 8.04. The van der Waals surface area contributed by atoms with E-state index in [1.54, 1.807) is 6.08 Å². The average Bonchev–Trinajstić information content (AvgIpc) is 3.28. The number of nitrogens with zero attached hydrogens (tertiary/aromatic N) is 4. The second-order valence-electron chi connectivity index (χ2n) is 7.80. The molecule has 0 amide bonds. The Balaban J connectivity index is 1.51. The maximum absolute atomic E-state index is 12.1. The molecule has 1 aliphatic carbocycles. The Morgan fingerprint density at radius 1 is 1.20 bits per heavy atom. The van der Waals surface area contributed by atoms with Gasteiger partial charge in [-0.05, 0) is 43.5 Å². The molecule has 6 heteroatoms. The van der Waals surface area contributed by atoms with Crippen LogP contribution in [0, 0.1) is 0 Å². The van der Waals surface area contributed by atoms with Crippen LogP contribution >= 0.6 is 0 Å². The van der Waals surface area contributed by atoms with Gasteiger partial charge in [0.15, 0.2) is 5.60 Å². The van der Waals surface area contributed by atoms with Crippen molar-refractivity contribution in [2.24, 2.45) is 0 Å². The van der Waals surface area contributed by atoms with Crippen molar-refractivity contribution in [1.82, 2.24) is 19.9 Å². The van der Waals surface area contributed by atoms with Crippen LogP contribution in [0.25, 0.3) is 11.0 Å². The van der Waals surface area contributed by atoms with Crippen molar-refractivity contribution in [1.29, 1.82) is 0 Å². The Kier molecular flexibility index (Phi) is 2.63. The lowest BCUT2D eigenvalue weighted by atomic mass is 9.75. The minimum atomic E-state index is -0.366. The van der Waals surface area contributed by atoms with E-state index in [4.69, 9.17) is 4.74 Å². The van der Waals surface area contributed by atoms with Crippen LogP contribution < -0.4 is 0 Å². The van der Waals surface area contributed by atoms with Crippen molar-refractivity contribution in [3.8, 4) is 0 Å². The van der Waals surface area contributed by atoms with Crippen LogP contribution in [0.15, 0.2) is 35.9 Å². The summed E-state index contributed by atoms with van der Waals surface area (Å²) in [6.07, 6.45) is 7.04. The second-order valence-corrected chi connectivity index (χ2v) is 7.80. The fourth-order valence-corrected chi connectivity index (χ4v) is 5.74. The summed E-state index contributed by atoms with van der Waals surface area (Å²) in [6, 6.07) is 9.03. The molecule has 4 aliphatic rings. The molecule has 3 aliphatic heterocycles. The molecule has 6 rings (SSSR count).